The number of benzene rings is 1. The number of amides is 1. The average Bonchev–Trinajstić information content (AvgIpc) is 2.96. The molecule has 2 heterocycles. The molecule has 6 heteroatoms. The summed E-state index contributed by atoms with van der Waals surface area (Å²) < 4.78 is 9.80. The summed E-state index contributed by atoms with van der Waals surface area (Å²) in [5.41, 5.74) is 1.88. The molecule has 0 spiro atoms. The van der Waals surface area contributed by atoms with Gasteiger partial charge in [0, 0.05) is 18.2 Å². The number of anilines is 1. The standard InChI is InChI=1S/C16H20N2O4/c1-16-9-12(13(19)21-3)18(15(20)22-4)14(16)17(2)11-8-6-5-7-10(11)16/h5-8,12,14H,9H2,1-4H3/t12-,14?,16-/m0/s1. The molecule has 2 aliphatic heterocycles. The van der Waals surface area contributed by atoms with E-state index in [2.05, 4.69) is 13.0 Å². The molecule has 0 saturated carbocycles. The predicted molar refractivity (Wildman–Crippen MR) is 80.7 cm³/mol. The van der Waals surface area contributed by atoms with Gasteiger partial charge in [-0.05, 0) is 18.1 Å². The highest BCUT2D eigenvalue weighted by atomic mass is 16.5. The fourth-order valence-corrected chi connectivity index (χ4v) is 4.01. The quantitative estimate of drug-likeness (QED) is 0.740. The van der Waals surface area contributed by atoms with Gasteiger partial charge in [0.05, 0.1) is 14.2 Å². The van der Waals surface area contributed by atoms with Crippen LogP contribution in [0.25, 0.3) is 0 Å². The van der Waals surface area contributed by atoms with Crippen LogP contribution in [0.5, 0.6) is 0 Å². The summed E-state index contributed by atoms with van der Waals surface area (Å²) in [4.78, 5) is 28.0. The van der Waals surface area contributed by atoms with Crippen LogP contribution in [0, 0.1) is 0 Å². The summed E-state index contributed by atoms with van der Waals surface area (Å²) in [5, 5.41) is 0. The van der Waals surface area contributed by atoms with Crippen LogP contribution in [0.15, 0.2) is 24.3 Å². The third-order valence-electron chi connectivity index (χ3n) is 4.91. The van der Waals surface area contributed by atoms with Gasteiger partial charge in [0.1, 0.15) is 12.2 Å². The molecule has 1 saturated heterocycles. The number of para-hydroxylation sites is 1. The molecular weight excluding hydrogens is 284 g/mol. The molecule has 1 fully saturated rings. The van der Waals surface area contributed by atoms with Crippen LogP contribution in [-0.2, 0) is 19.7 Å². The zero-order valence-electron chi connectivity index (χ0n) is 13.2. The number of hydrogen-bond acceptors (Lipinski definition) is 5. The Hall–Kier alpha value is -2.24. The Morgan fingerprint density at radius 1 is 1.23 bits per heavy atom. The van der Waals surface area contributed by atoms with E-state index in [0.29, 0.717) is 6.42 Å². The monoisotopic (exact) mass is 304 g/mol. The van der Waals surface area contributed by atoms with Crippen molar-refractivity contribution in [3.8, 4) is 0 Å². The predicted octanol–water partition coefficient (Wildman–Crippen LogP) is 1.73. The lowest BCUT2D eigenvalue weighted by Gasteiger charge is -2.34. The van der Waals surface area contributed by atoms with Crippen molar-refractivity contribution in [1.82, 2.24) is 4.90 Å². The van der Waals surface area contributed by atoms with Crippen molar-refractivity contribution < 1.29 is 19.1 Å². The number of likely N-dealkylation sites (tertiary alicyclic amines) is 1. The number of rotatable bonds is 1. The van der Waals surface area contributed by atoms with Crippen LogP contribution >= 0.6 is 0 Å². The van der Waals surface area contributed by atoms with Gasteiger partial charge in [0.2, 0.25) is 0 Å². The first-order chi connectivity index (χ1) is 10.5. The van der Waals surface area contributed by atoms with E-state index in [9.17, 15) is 9.59 Å². The highest BCUT2D eigenvalue weighted by Crippen LogP contribution is 2.53. The lowest BCUT2D eigenvalue weighted by Crippen LogP contribution is -2.53. The zero-order valence-corrected chi connectivity index (χ0v) is 13.2. The van der Waals surface area contributed by atoms with Crippen molar-refractivity contribution in [2.45, 2.75) is 31.0 Å². The summed E-state index contributed by atoms with van der Waals surface area (Å²) in [6.45, 7) is 2.08. The van der Waals surface area contributed by atoms with Gasteiger partial charge >= 0.3 is 12.1 Å². The maximum absolute atomic E-state index is 12.3. The van der Waals surface area contributed by atoms with Crippen LogP contribution in [0.2, 0.25) is 0 Å². The van der Waals surface area contributed by atoms with Gasteiger partial charge in [0.15, 0.2) is 0 Å². The van der Waals surface area contributed by atoms with Gasteiger partial charge in [0.25, 0.3) is 0 Å². The van der Waals surface area contributed by atoms with Gasteiger partial charge in [-0.25, -0.2) is 9.59 Å². The summed E-state index contributed by atoms with van der Waals surface area (Å²) in [7, 11) is 4.60. The molecule has 3 rings (SSSR count). The second-order valence-electron chi connectivity index (χ2n) is 6.04. The van der Waals surface area contributed by atoms with E-state index >= 15 is 0 Å². The highest BCUT2D eigenvalue weighted by molar-refractivity contribution is 5.85. The van der Waals surface area contributed by atoms with Crippen LogP contribution in [-0.4, -0.2) is 50.4 Å². The smallest absolute Gasteiger partial charge is 0.411 e. The number of carbonyl (C=O) groups excluding carboxylic acids is 2. The van der Waals surface area contributed by atoms with Crippen molar-refractivity contribution in [3.05, 3.63) is 29.8 Å². The molecule has 0 aliphatic carbocycles. The minimum absolute atomic E-state index is 0.263. The van der Waals surface area contributed by atoms with Gasteiger partial charge in [-0.1, -0.05) is 25.1 Å². The van der Waals surface area contributed by atoms with E-state index in [-0.39, 0.29) is 11.6 Å². The number of fused-ring (bicyclic) bond motifs is 3. The Morgan fingerprint density at radius 2 is 1.91 bits per heavy atom. The van der Waals surface area contributed by atoms with Crippen LogP contribution in [0.4, 0.5) is 10.5 Å². The highest BCUT2D eigenvalue weighted by Gasteiger charge is 2.61. The Bertz CT molecular complexity index is 632. The molecule has 2 aliphatic rings. The lowest BCUT2D eigenvalue weighted by molar-refractivity contribution is -0.145. The van der Waals surface area contributed by atoms with Crippen LogP contribution < -0.4 is 4.90 Å². The van der Waals surface area contributed by atoms with Crippen LogP contribution in [0.1, 0.15) is 18.9 Å². The fraction of sp³-hybridized carbons (Fsp3) is 0.500. The first kappa shape index (κ1) is 14.7. The fourth-order valence-electron chi connectivity index (χ4n) is 4.01. The SMILES string of the molecule is COC(=O)[C@@H]1C[C@@]2(C)c3ccccc3N(C)C2N1C(=O)OC. The maximum Gasteiger partial charge on any atom is 0.411 e. The molecule has 1 unspecified atom stereocenters. The third kappa shape index (κ3) is 1.73. The number of hydrogen-bond donors (Lipinski definition) is 0. The van der Waals surface area contributed by atoms with Crippen molar-refractivity contribution in [3.63, 3.8) is 0 Å². The van der Waals surface area contributed by atoms with E-state index < -0.39 is 18.1 Å². The Labute approximate surface area is 129 Å². The minimum atomic E-state index is -0.636. The van der Waals surface area contributed by atoms with Crippen molar-refractivity contribution in [1.29, 1.82) is 0 Å². The Kier molecular flexibility index (Phi) is 3.27. The molecule has 0 bridgehead atoms. The summed E-state index contributed by atoms with van der Waals surface area (Å²) in [5.74, 6) is -0.410. The van der Waals surface area contributed by atoms with Crippen LogP contribution in [0.3, 0.4) is 0 Å². The van der Waals surface area contributed by atoms with E-state index in [1.807, 2.05) is 30.1 Å². The molecule has 0 N–H and O–H groups in total. The molecule has 6 nitrogen and oxygen atoms in total. The summed E-state index contributed by atoms with van der Waals surface area (Å²) in [6.07, 6.45) is -0.258. The number of nitrogens with zero attached hydrogens (tertiary/aromatic N) is 2. The molecule has 1 amide bonds. The number of methoxy groups -OCH3 is 2. The van der Waals surface area contributed by atoms with Crippen molar-refractivity contribution >= 4 is 17.7 Å². The summed E-state index contributed by atoms with van der Waals surface area (Å²) in [6, 6.07) is 7.40. The first-order valence-corrected chi connectivity index (χ1v) is 7.22. The molecule has 22 heavy (non-hydrogen) atoms. The number of carbonyl (C=O) groups is 2. The third-order valence-corrected chi connectivity index (χ3v) is 4.91. The van der Waals surface area contributed by atoms with Crippen molar-refractivity contribution in [2.75, 3.05) is 26.2 Å². The normalized spacial score (nSPS) is 29.1. The first-order valence-electron chi connectivity index (χ1n) is 7.22. The second-order valence-corrected chi connectivity index (χ2v) is 6.04. The van der Waals surface area contributed by atoms with E-state index in [1.54, 1.807) is 0 Å². The molecule has 3 atom stereocenters. The second kappa shape index (κ2) is 4.90. The number of ether oxygens (including phenoxy) is 2. The van der Waals surface area contributed by atoms with Gasteiger partial charge in [-0.15, -0.1) is 0 Å². The topological polar surface area (TPSA) is 59.1 Å². The van der Waals surface area contributed by atoms with E-state index in [1.165, 1.54) is 19.1 Å². The molecule has 118 valence electrons. The van der Waals surface area contributed by atoms with Gasteiger partial charge in [-0.3, -0.25) is 4.90 Å². The Balaban J connectivity index is 2.11. The van der Waals surface area contributed by atoms with E-state index in [0.717, 1.165) is 11.3 Å². The Morgan fingerprint density at radius 3 is 2.55 bits per heavy atom. The van der Waals surface area contributed by atoms with Crippen molar-refractivity contribution in [2.24, 2.45) is 0 Å². The molecule has 1 aromatic carbocycles. The minimum Gasteiger partial charge on any atom is -0.467 e. The zero-order chi connectivity index (χ0) is 16.1. The largest absolute Gasteiger partial charge is 0.467 e. The molecule has 0 aromatic heterocycles. The number of likely N-dealkylation sites (N-methyl/N-ethyl adjacent to an activating group) is 1. The molecule has 1 aromatic rings. The lowest BCUT2D eigenvalue weighted by atomic mass is 9.80. The van der Waals surface area contributed by atoms with Gasteiger partial charge in [-0.2, -0.15) is 0 Å². The van der Waals surface area contributed by atoms with E-state index in [4.69, 9.17) is 9.47 Å². The average molecular weight is 304 g/mol. The van der Waals surface area contributed by atoms with Gasteiger partial charge < -0.3 is 14.4 Å². The number of esters is 1. The molecule has 0 radical (unpaired) electrons. The maximum atomic E-state index is 12.3. The molecular formula is C16H20N2O4. The summed E-state index contributed by atoms with van der Waals surface area (Å²) >= 11 is 0.